The molecule has 3 saturated heterocycles. The fraction of sp³-hybridized carbons (Fsp3) is 0.514. The summed E-state index contributed by atoms with van der Waals surface area (Å²) in [4.78, 5) is 66.3. The van der Waals surface area contributed by atoms with Crippen LogP contribution >= 0.6 is 0 Å². The summed E-state index contributed by atoms with van der Waals surface area (Å²) in [5.41, 5.74) is 4.31. The lowest BCUT2D eigenvalue weighted by Gasteiger charge is -2.52. The minimum absolute atomic E-state index is 0.0374. The van der Waals surface area contributed by atoms with E-state index in [-0.39, 0.29) is 59.3 Å². The molecule has 21 nitrogen and oxygen atoms in total. The Hall–Kier alpha value is -6.99. The van der Waals surface area contributed by atoms with Crippen LogP contribution in [-0.2, 0) is 123 Å². The van der Waals surface area contributed by atoms with Crippen molar-refractivity contribution in [3.63, 3.8) is 0 Å². The van der Waals surface area contributed by atoms with E-state index in [4.69, 9.17) is 66.3 Å². The van der Waals surface area contributed by atoms with Gasteiger partial charge in [0.2, 0.25) is 11.8 Å². The minimum Gasteiger partial charge on any atom is -0.463 e. The Labute approximate surface area is 545 Å². The molecule has 8 rings (SSSR count). The largest absolute Gasteiger partial charge is 0.463 e. The Morgan fingerprint density at radius 1 is 0.387 bits per heavy atom. The zero-order valence-electron chi connectivity index (χ0n) is 54.2. The Kier molecular flexibility index (Phi) is 29.7. The lowest BCUT2D eigenvalue weighted by molar-refractivity contribution is -0.376. The maximum atomic E-state index is 14.0. The summed E-state index contributed by atoms with van der Waals surface area (Å²) < 4.78 is 94.2. The zero-order chi connectivity index (χ0) is 65.7. The monoisotopic (exact) mass is 1290 g/mol. The minimum atomic E-state index is -1.62. The number of benzene rings is 5. The highest BCUT2D eigenvalue weighted by Crippen LogP contribution is 2.38. The molecule has 0 unspecified atom stereocenters. The van der Waals surface area contributed by atoms with E-state index in [9.17, 15) is 24.0 Å². The van der Waals surface area contributed by atoms with E-state index in [1.54, 1.807) is 6.92 Å². The number of rotatable bonds is 36. The molecule has 5 aromatic carbocycles. The van der Waals surface area contributed by atoms with Gasteiger partial charge < -0.3 is 76.9 Å². The van der Waals surface area contributed by atoms with E-state index in [0.29, 0.717) is 6.42 Å². The molecule has 0 bridgehead atoms. The highest BCUT2D eigenvalue weighted by molar-refractivity contribution is 5.76. The van der Waals surface area contributed by atoms with Crippen LogP contribution in [0.1, 0.15) is 114 Å². The van der Waals surface area contributed by atoms with Crippen LogP contribution in [0.25, 0.3) is 0 Å². The van der Waals surface area contributed by atoms with Gasteiger partial charge in [0.15, 0.2) is 31.1 Å². The summed E-state index contributed by atoms with van der Waals surface area (Å²) in [5.74, 6) is -3.28. The highest BCUT2D eigenvalue weighted by Gasteiger charge is 2.58. The molecule has 3 aliphatic rings. The van der Waals surface area contributed by atoms with Gasteiger partial charge in [-0.1, -0.05) is 198 Å². The smallest absolute Gasteiger partial charge is 0.303 e. The number of amides is 2. The number of nitrogens with one attached hydrogen (secondary N) is 2. The molecule has 0 aromatic heterocycles. The predicted octanol–water partition coefficient (Wildman–Crippen LogP) is 9.32. The topological polar surface area (TPSA) is 239 Å². The third-order valence-electron chi connectivity index (χ3n) is 16.0. The van der Waals surface area contributed by atoms with Gasteiger partial charge in [0, 0.05) is 40.7 Å². The lowest BCUT2D eigenvalue weighted by Crippen LogP contribution is -2.71. The van der Waals surface area contributed by atoms with Crippen LogP contribution in [0.2, 0.25) is 0 Å². The van der Waals surface area contributed by atoms with Crippen molar-refractivity contribution in [2.75, 3.05) is 26.4 Å². The molecule has 21 heteroatoms. The Bertz CT molecular complexity index is 2990. The summed E-state index contributed by atoms with van der Waals surface area (Å²) in [6.45, 7) is 8.90. The number of ether oxygens (including phenoxy) is 14. The van der Waals surface area contributed by atoms with E-state index >= 15 is 0 Å². The first-order valence-electron chi connectivity index (χ1n) is 32.4. The molecule has 15 atom stereocenters. The van der Waals surface area contributed by atoms with E-state index in [0.717, 1.165) is 73.8 Å². The number of hydrogen-bond donors (Lipinski definition) is 2. The van der Waals surface area contributed by atoms with Gasteiger partial charge in [0.1, 0.15) is 67.5 Å². The first-order chi connectivity index (χ1) is 45.3. The van der Waals surface area contributed by atoms with Crippen LogP contribution in [0.3, 0.4) is 0 Å². The van der Waals surface area contributed by atoms with Gasteiger partial charge in [-0.25, -0.2) is 0 Å². The maximum absolute atomic E-state index is 14.0. The van der Waals surface area contributed by atoms with Gasteiger partial charge in [0.25, 0.3) is 0 Å². The van der Waals surface area contributed by atoms with E-state index < -0.39 is 128 Å². The molecule has 0 saturated carbocycles. The first-order valence-corrected chi connectivity index (χ1v) is 32.4. The molecule has 504 valence electrons. The molecule has 0 aliphatic carbocycles. The molecule has 2 amide bonds. The van der Waals surface area contributed by atoms with Crippen LogP contribution in [0.15, 0.2) is 152 Å². The Balaban J connectivity index is 1.26. The zero-order valence-corrected chi connectivity index (χ0v) is 54.2. The third kappa shape index (κ3) is 22.9. The third-order valence-corrected chi connectivity index (χ3v) is 16.0. The fourth-order valence-electron chi connectivity index (χ4n) is 11.5. The maximum Gasteiger partial charge on any atom is 0.303 e. The molecule has 93 heavy (non-hydrogen) atoms. The molecular weight excluding hydrogens is 1200 g/mol. The van der Waals surface area contributed by atoms with Crippen molar-refractivity contribution in [2.24, 2.45) is 0 Å². The lowest BCUT2D eigenvalue weighted by atomic mass is 9.93. The number of esters is 3. The molecule has 5 aromatic rings. The summed E-state index contributed by atoms with van der Waals surface area (Å²) in [6.07, 6.45) is -10.3. The Morgan fingerprint density at radius 2 is 0.796 bits per heavy atom. The van der Waals surface area contributed by atoms with Crippen molar-refractivity contribution >= 4 is 29.7 Å². The summed E-state index contributed by atoms with van der Waals surface area (Å²) in [7, 11) is 0. The molecular formula is C72H92N2O19. The predicted molar refractivity (Wildman–Crippen MR) is 340 cm³/mol. The summed E-state index contributed by atoms with van der Waals surface area (Å²) in [6, 6.07) is 45.5. The highest BCUT2D eigenvalue weighted by atomic mass is 16.8. The molecule has 0 spiro atoms. The van der Waals surface area contributed by atoms with Crippen molar-refractivity contribution in [2.45, 2.75) is 212 Å². The van der Waals surface area contributed by atoms with Crippen molar-refractivity contribution < 1.29 is 90.3 Å². The van der Waals surface area contributed by atoms with Crippen LogP contribution < -0.4 is 10.6 Å². The second kappa shape index (κ2) is 38.4. The average Bonchev–Trinajstić information content (AvgIpc) is 0.782. The van der Waals surface area contributed by atoms with Gasteiger partial charge in [0.05, 0.1) is 46.2 Å². The number of carbonyl (C=O) groups excluding carboxylic acids is 5. The second-order valence-electron chi connectivity index (χ2n) is 23.4. The second-order valence-corrected chi connectivity index (χ2v) is 23.4. The number of unbranched alkanes of at least 4 members (excludes halogenated alkanes) is 5. The summed E-state index contributed by atoms with van der Waals surface area (Å²) in [5, 5.41) is 6.00. The van der Waals surface area contributed by atoms with Crippen LogP contribution in [0.5, 0.6) is 0 Å². The normalized spacial score (nSPS) is 26.1. The SMILES string of the molecule is CCCCCCCCO[C@H]1O[C@H](COCc2ccccc2)[C@@H](OCc2ccccc2)[C@H](OCc2ccccc2)[C@@H]1O[C@@H]1O[C@H](COCc2ccccc2)[C@@H](O[C@@H]2O[C@H](COC(C)=O)[C@H](OC(C)=O)[C@H](OC(C)=O)[C@H]2NC(=O)CC)[C@H](OCc2ccccc2)[C@H]1NC(C)=O. The van der Waals surface area contributed by atoms with Crippen LogP contribution in [0.4, 0.5) is 0 Å². The van der Waals surface area contributed by atoms with Gasteiger partial charge in [-0.05, 0) is 34.2 Å². The van der Waals surface area contributed by atoms with Gasteiger partial charge in [-0.15, -0.1) is 0 Å². The van der Waals surface area contributed by atoms with E-state index in [1.165, 1.54) is 13.8 Å². The van der Waals surface area contributed by atoms with E-state index in [1.807, 2.05) is 152 Å². The molecule has 0 radical (unpaired) electrons. The number of carbonyl (C=O) groups is 5. The van der Waals surface area contributed by atoms with Crippen molar-refractivity contribution in [1.29, 1.82) is 0 Å². The quantitative estimate of drug-likeness (QED) is 0.0216. The van der Waals surface area contributed by atoms with Crippen molar-refractivity contribution in [1.82, 2.24) is 10.6 Å². The first kappa shape index (κ1) is 71.9. The van der Waals surface area contributed by atoms with Crippen molar-refractivity contribution in [3.8, 4) is 0 Å². The molecule has 3 aliphatic heterocycles. The van der Waals surface area contributed by atoms with Crippen molar-refractivity contribution in [3.05, 3.63) is 179 Å². The Morgan fingerprint density at radius 3 is 1.27 bits per heavy atom. The van der Waals surface area contributed by atoms with E-state index in [2.05, 4.69) is 17.6 Å². The fourth-order valence-corrected chi connectivity index (χ4v) is 11.5. The summed E-state index contributed by atoms with van der Waals surface area (Å²) >= 11 is 0. The standard InChI is InChI=1S/C72H92N2O19/c1-7-9-10-11-12-28-39-82-72-69(68(86-44-56-37-26-17-27-38-56)63(84-42-54-33-22-15-23-34-54)57(91-72)45-80-40-52-29-18-13-19-30-52)93-70-61(73-48(3)75)66(85-43-55-35-24-16-25-36-55)64(58(89-70)46-81-41-53-31-20-14-21-32-53)92-71-62(74-60(79)8-2)67(88-51(6)78)65(87-50(5)77)59(90-71)47-83-49(4)76/h13-27,29-38,57-59,61-72H,7-12,28,39-47H2,1-6H3,(H,73,75)(H,74,79)/t57-,58-,59-,61-,62-,63-,64-,65+,66-,67-,68+,69+,70+,71+,72+/m1/s1. The van der Waals surface area contributed by atoms with Gasteiger partial charge >= 0.3 is 17.9 Å². The van der Waals surface area contributed by atoms with Gasteiger partial charge in [-0.3, -0.25) is 24.0 Å². The molecule has 2 N–H and O–H groups in total. The number of hydrogen-bond acceptors (Lipinski definition) is 19. The molecule has 3 heterocycles. The molecule has 3 fully saturated rings. The van der Waals surface area contributed by atoms with Crippen LogP contribution in [0, 0.1) is 0 Å². The average molecular weight is 1290 g/mol. The van der Waals surface area contributed by atoms with Crippen LogP contribution in [-0.4, -0.2) is 148 Å². The van der Waals surface area contributed by atoms with Gasteiger partial charge in [-0.2, -0.15) is 0 Å².